The first-order valence-corrected chi connectivity index (χ1v) is 36.2. The van der Waals surface area contributed by atoms with Crippen LogP contribution in [0.1, 0.15) is 306 Å². The molecule has 2 unspecified atom stereocenters. The van der Waals surface area contributed by atoms with Crippen molar-refractivity contribution in [2.45, 2.75) is 324 Å². The van der Waals surface area contributed by atoms with Crippen molar-refractivity contribution in [2.75, 3.05) is 39.6 Å². The molecule has 0 aliphatic carbocycles. The third-order valence-electron chi connectivity index (χ3n) is 14.6. The van der Waals surface area contributed by atoms with Crippen LogP contribution in [-0.2, 0) is 65.4 Å². The van der Waals surface area contributed by atoms with Crippen molar-refractivity contribution in [2.24, 2.45) is 23.7 Å². The molecule has 0 aromatic rings. The molecule has 0 spiro atoms. The summed E-state index contributed by atoms with van der Waals surface area (Å²) in [7, 11) is -9.89. The van der Waals surface area contributed by atoms with E-state index in [1.807, 2.05) is 0 Å². The fraction of sp³-hybridized carbons (Fsp3) is 0.938. The number of carbonyl (C=O) groups excluding carboxylic acids is 4. The first-order valence-electron chi connectivity index (χ1n) is 33.2. The Morgan fingerprint density at radius 1 is 0.301 bits per heavy atom. The summed E-state index contributed by atoms with van der Waals surface area (Å²) in [5.74, 6) is 0.701. The smallest absolute Gasteiger partial charge is 0.462 e. The number of esters is 4. The number of phosphoric ester groups is 2. The van der Waals surface area contributed by atoms with Crippen LogP contribution < -0.4 is 0 Å². The molecule has 83 heavy (non-hydrogen) atoms. The highest BCUT2D eigenvalue weighted by Gasteiger charge is 2.30. The van der Waals surface area contributed by atoms with E-state index in [4.69, 9.17) is 37.0 Å². The normalized spacial score (nSPS) is 14.4. The Balaban J connectivity index is 5.24. The molecule has 3 N–H and O–H groups in total. The average Bonchev–Trinajstić information content (AvgIpc) is 3.43. The highest BCUT2D eigenvalue weighted by molar-refractivity contribution is 7.47. The van der Waals surface area contributed by atoms with Gasteiger partial charge in [0.1, 0.15) is 19.3 Å². The van der Waals surface area contributed by atoms with Gasteiger partial charge in [-0.3, -0.25) is 37.3 Å². The van der Waals surface area contributed by atoms with Gasteiger partial charge in [0.15, 0.2) is 12.2 Å². The van der Waals surface area contributed by atoms with E-state index in [1.54, 1.807) is 0 Å². The first kappa shape index (κ1) is 81.1. The van der Waals surface area contributed by atoms with Gasteiger partial charge in [-0.15, -0.1) is 0 Å². The zero-order valence-corrected chi connectivity index (χ0v) is 55.6. The maximum Gasteiger partial charge on any atom is 0.472 e. The van der Waals surface area contributed by atoms with Gasteiger partial charge in [0.05, 0.1) is 26.4 Å². The lowest BCUT2D eigenvalue weighted by Crippen LogP contribution is -2.30. The summed E-state index contributed by atoms with van der Waals surface area (Å²) in [6.07, 6.45) is 33.8. The molecule has 0 saturated heterocycles. The molecule has 492 valence electrons. The number of hydrogen-bond donors (Lipinski definition) is 3. The van der Waals surface area contributed by atoms with Crippen LogP contribution in [0.2, 0.25) is 0 Å². The lowest BCUT2D eigenvalue weighted by atomic mass is 10.0. The average molecular weight is 1230 g/mol. The molecule has 19 heteroatoms. The molecule has 5 atom stereocenters. The van der Waals surface area contributed by atoms with Crippen LogP contribution in [0.3, 0.4) is 0 Å². The maximum absolute atomic E-state index is 13.0. The van der Waals surface area contributed by atoms with Gasteiger partial charge in [-0.05, 0) is 49.4 Å². The molecule has 0 rings (SSSR count). The van der Waals surface area contributed by atoms with Crippen molar-refractivity contribution >= 4 is 39.5 Å². The van der Waals surface area contributed by atoms with E-state index in [9.17, 15) is 43.2 Å². The third-order valence-corrected chi connectivity index (χ3v) is 16.5. The van der Waals surface area contributed by atoms with Crippen LogP contribution in [0.4, 0.5) is 0 Å². The fourth-order valence-corrected chi connectivity index (χ4v) is 11.0. The number of ether oxygens (including phenoxy) is 4. The number of hydrogen-bond acceptors (Lipinski definition) is 15. The minimum atomic E-state index is -4.95. The van der Waals surface area contributed by atoms with Gasteiger partial charge in [0.25, 0.3) is 0 Å². The van der Waals surface area contributed by atoms with Gasteiger partial charge in [-0.25, -0.2) is 9.13 Å². The molecule has 0 fully saturated rings. The predicted molar refractivity (Wildman–Crippen MR) is 331 cm³/mol. The van der Waals surface area contributed by atoms with Gasteiger partial charge in [-0.2, -0.15) is 0 Å². The monoisotopic (exact) mass is 1230 g/mol. The molecule has 0 aliphatic rings. The van der Waals surface area contributed by atoms with Gasteiger partial charge < -0.3 is 33.8 Å². The Morgan fingerprint density at radius 2 is 0.506 bits per heavy atom. The number of carbonyl (C=O) groups is 4. The number of phosphoric acid groups is 2. The second-order valence-corrected chi connectivity index (χ2v) is 28.0. The van der Waals surface area contributed by atoms with Crippen LogP contribution in [0.15, 0.2) is 0 Å². The summed E-state index contributed by atoms with van der Waals surface area (Å²) in [4.78, 5) is 72.2. The molecule has 0 amide bonds. The minimum absolute atomic E-state index is 0.100. The standard InChI is InChI=1S/C64H124O17P2/c1-54(2)40-32-24-16-12-9-10-14-19-30-38-46-63(68)80-59(50-74-61(66)44-36-28-18-15-11-13-17-25-33-41-55(3)4)52-78-82(70,71)76-48-58(65)49-77-83(72,73)79-53-60(81-64(69)47-39-31-23-21-27-35-43-57(7)8)51-75-62(67)45-37-29-22-20-26-34-42-56(5)6/h54-60,65H,9-53H2,1-8H3,(H,70,71)(H,72,73)/t58-,59-,60-/m1/s1. The minimum Gasteiger partial charge on any atom is -0.462 e. The molecular formula is C64H124O17P2. The Labute approximate surface area is 505 Å². The lowest BCUT2D eigenvalue weighted by molar-refractivity contribution is -0.161. The topological polar surface area (TPSA) is 237 Å². The molecular weight excluding hydrogens is 1100 g/mol. The summed E-state index contributed by atoms with van der Waals surface area (Å²) in [5.41, 5.74) is 0. The number of rotatable bonds is 61. The lowest BCUT2D eigenvalue weighted by Gasteiger charge is -2.21. The third kappa shape index (κ3) is 58.8. The molecule has 0 heterocycles. The SMILES string of the molecule is CC(C)CCCCCCCCCCCCC(=O)O[C@H](COC(=O)CCCCCCCCCCCC(C)C)COP(=O)(O)OC[C@@H](O)COP(=O)(O)OC[C@@H](COC(=O)CCCCCCCCC(C)C)OC(=O)CCCCCCCCC(C)C. The molecule has 17 nitrogen and oxygen atoms in total. The van der Waals surface area contributed by atoms with Crippen LogP contribution in [-0.4, -0.2) is 96.7 Å². The van der Waals surface area contributed by atoms with E-state index >= 15 is 0 Å². The zero-order chi connectivity index (χ0) is 61.8. The largest absolute Gasteiger partial charge is 0.472 e. The van der Waals surface area contributed by atoms with Crippen LogP contribution in [0, 0.1) is 23.7 Å². The summed E-state index contributed by atoms with van der Waals surface area (Å²) in [6, 6.07) is 0. The molecule has 0 aromatic carbocycles. The zero-order valence-electron chi connectivity index (χ0n) is 53.8. The quantitative estimate of drug-likeness (QED) is 0.0222. The highest BCUT2D eigenvalue weighted by atomic mass is 31.2. The molecule has 0 bridgehead atoms. The van der Waals surface area contributed by atoms with Crippen molar-refractivity contribution in [3.8, 4) is 0 Å². The predicted octanol–water partition coefficient (Wildman–Crippen LogP) is 17.4. The van der Waals surface area contributed by atoms with E-state index in [-0.39, 0.29) is 25.7 Å². The van der Waals surface area contributed by atoms with E-state index in [1.165, 1.54) is 103 Å². The molecule has 0 radical (unpaired) electrons. The van der Waals surface area contributed by atoms with Crippen molar-refractivity contribution in [1.82, 2.24) is 0 Å². The second kappa shape index (κ2) is 54.2. The Hall–Kier alpha value is -1.94. The van der Waals surface area contributed by atoms with Gasteiger partial charge in [-0.1, -0.05) is 254 Å². The maximum atomic E-state index is 13.0. The summed E-state index contributed by atoms with van der Waals surface area (Å²) < 4.78 is 67.9. The number of aliphatic hydroxyl groups excluding tert-OH is 1. The molecule has 0 aliphatic heterocycles. The number of unbranched alkanes of at least 4 members (excludes halogenated alkanes) is 27. The van der Waals surface area contributed by atoms with E-state index in [0.717, 1.165) is 108 Å². The first-order chi connectivity index (χ1) is 39.6. The van der Waals surface area contributed by atoms with Crippen LogP contribution >= 0.6 is 15.6 Å². The summed E-state index contributed by atoms with van der Waals surface area (Å²) in [6.45, 7) is 13.9. The molecule has 0 saturated carbocycles. The Kier molecular flexibility index (Phi) is 53.0. The van der Waals surface area contributed by atoms with Gasteiger partial charge in [0, 0.05) is 25.7 Å². The van der Waals surface area contributed by atoms with Gasteiger partial charge in [0.2, 0.25) is 0 Å². The van der Waals surface area contributed by atoms with E-state index < -0.39 is 97.5 Å². The van der Waals surface area contributed by atoms with E-state index in [0.29, 0.717) is 37.5 Å². The van der Waals surface area contributed by atoms with Crippen molar-refractivity contribution in [1.29, 1.82) is 0 Å². The number of aliphatic hydroxyl groups is 1. The highest BCUT2D eigenvalue weighted by Crippen LogP contribution is 2.45. The summed E-state index contributed by atoms with van der Waals surface area (Å²) in [5, 5.41) is 10.5. The van der Waals surface area contributed by atoms with Crippen LogP contribution in [0.5, 0.6) is 0 Å². The molecule has 0 aromatic heterocycles. The second-order valence-electron chi connectivity index (χ2n) is 25.1. The van der Waals surface area contributed by atoms with E-state index in [2.05, 4.69) is 55.4 Å². The fourth-order valence-electron chi connectivity index (χ4n) is 9.43. The van der Waals surface area contributed by atoms with Gasteiger partial charge >= 0.3 is 39.5 Å². The van der Waals surface area contributed by atoms with Crippen molar-refractivity contribution < 1.29 is 80.2 Å². The Morgan fingerprint density at radius 3 is 0.747 bits per heavy atom. The van der Waals surface area contributed by atoms with Crippen molar-refractivity contribution in [3.05, 3.63) is 0 Å². The van der Waals surface area contributed by atoms with Crippen LogP contribution in [0.25, 0.3) is 0 Å². The summed E-state index contributed by atoms with van der Waals surface area (Å²) >= 11 is 0. The Bertz CT molecular complexity index is 1660. The van der Waals surface area contributed by atoms with Crippen molar-refractivity contribution in [3.63, 3.8) is 0 Å².